The van der Waals surface area contributed by atoms with Crippen LogP contribution in [0.2, 0.25) is 0 Å². The number of hydrogen-bond acceptors (Lipinski definition) is 3. The van der Waals surface area contributed by atoms with Crippen molar-refractivity contribution in [3.63, 3.8) is 0 Å². The van der Waals surface area contributed by atoms with Gasteiger partial charge < -0.3 is 0 Å². The molecule has 0 amide bonds. The van der Waals surface area contributed by atoms with Crippen molar-refractivity contribution >= 4 is 11.9 Å². The van der Waals surface area contributed by atoms with E-state index in [1.165, 1.54) is 12.1 Å². The summed E-state index contributed by atoms with van der Waals surface area (Å²) in [4.78, 5) is 15.0. The Morgan fingerprint density at radius 2 is 1.38 bits per heavy atom. The molecule has 0 aliphatic rings. The van der Waals surface area contributed by atoms with E-state index >= 15 is 4.39 Å². The molecule has 0 heterocycles. The average Bonchev–Trinajstić information content (AvgIpc) is 2.75. The van der Waals surface area contributed by atoms with Crippen molar-refractivity contribution in [2.45, 2.75) is 25.6 Å². The van der Waals surface area contributed by atoms with Crippen LogP contribution in [0.25, 0.3) is 0 Å². The third-order valence-corrected chi connectivity index (χ3v) is 4.91. The van der Waals surface area contributed by atoms with E-state index in [-0.39, 0.29) is 11.6 Å². The summed E-state index contributed by atoms with van der Waals surface area (Å²) in [5.41, 5.74) is -0.0225. The highest BCUT2D eigenvalue weighted by Crippen LogP contribution is 2.41. The van der Waals surface area contributed by atoms with E-state index in [0.29, 0.717) is 16.7 Å². The molecule has 0 aromatic heterocycles. The molecule has 148 valence electrons. The first-order chi connectivity index (χ1) is 13.9. The monoisotopic (exact) mass is 390 g/mol. The molecule has 0 N–H and O–H groups in total. The van der Waals surface area contributed by atoms with Crippen LogP contribution < -0.4 is 0 Å². The Morgan fingerprint density at radius 3 is 1.79 bits per heavy atom. The summed E-state index contributed by atoms with van der Waals surface area (Å²) in [5, 5.41) is 10.8. The summed E-state index contributed by atoms with van der Waals surface area (Å²) in [5.74, 6) is -0.0882. The van der Waals surface area contributed by atoms with Crippen molar-refractivity contribution < 1.29 is 9.31 Å². The van der Waals surface area contributed by atoms with E-state index in [9.17, 15) is 10.1 Å². The number of nitrogens with zero attached hydrogens (tertiary/aromatic N) is 2. The summed E-state index contributed by atoms with van der Waals surface area (Å²) in [6.07, 6.45) is 1.59. The number of benzene rings is 3. The molecule has 0 bridgehead atoms. The molecule has 29 heavy (non-hydrogen) atoms. The Morgan fingerprint density at radius 1 is 0.897 bits per heavy atom. The molecule has 0 aliphatic carbocycles. The second-order valence-electron chi connectivity index (χ2n) is 7.26. The van der Waals surface area contributed by atoms with Crippen LogP contribution in [0, 0.1) is 16.0 Å². The van der Waals surface area contributed by atoms with Gasteiger partial charge in [-0.1, -0.05) is 74.5 Å². The first kappa shape index (κ1) is 20.4. The highest BCUT2D eigenvalue weighted by atomic mass is 19.1. The molecule has 1 atom stereocenters. The summed E-state index contributed by atoms with van der Waals surface area (Å²) in [6, 6.07) is 23.5. The third-order valence-electron chi connectivity index (χ3n) is 4.91. The van der Waals surface area contributed by atoms with Crippen LogP contribution >= 0.6 is 0 Å². The minimum absolute atomic E-state index is 0.0102. The largest absolute Gasteiger partial charge is 0.285 e. The minimum Gasteiger partial charge on any atom is -0.285 e. The molecule has 3 aromatic rings. The van der Waals surface area contributed by atoms with Crippen LogP contribution in [0.15, 0.2) is 89.9 Å². The lowest BCUT2D eigenvalue weighted by molar-refractivity contribution is -0.384. The quantitative estimate of drug-likeness (QED) is 0.284. The summed E-state index contributed by atoms with van der Waals surface area (Å²) >= 11 is 0. The summed E-state index contributed by atoms with van der Waals surface area (Å²) in [6.45, 7) is 3.89. The second kappa shape index (κ2) is 8.78. The van der Waals surface area contributed by atoms with Gasteiger partial charge in [-0.2, -0.15) is 0 Å². The maximum absolute atomic E-state index is 16.8. The van der Waals surface area contributed by atoms with E-state index in [4.69, 9.17) is 0 Å². The number of non-ortho nitro benzene ring substituents is 1. The van der Waals surface area contributed by atoms with E-state index < -0.39 is 16.6 Å². The zero-order valence-corrected chi connectivity index (χ0v) is 16.4. The zero-order chi connectivity index (χ0) is 20.9. The van der Waals surface area contributed by atoms with Crippen LogP contribution in [0.5, 0.6) is 0 Å². The molecule has 5 heteroatoms. The molecular weight excluding hydrogens is 367 g/mol. The topological polar surface area (TPSA) is 55.5 Å². The van der Waals surface area contributed by atoms with E-state index in [2.05, 4.69) is 4.99 Å². The molecule has 0 aliphatic heterocycles. The van der Waals surface area contributed by atoms with Gasteiger partial charge in [-0.25, -0.2) is 4.39 Å². The molecule has 0 radical (unpaired) electrons. The van der Waals surface area contributed by atoms with Crippen LogP contribution in [0.1, 0.15) is 30.5 Å². The lowest BCUT2D eigenvalue weighted by Crippen LogP contribution is -2.39. The van der Waals surface area contributed by atoms with Gasteiger partial charge in [0.05, 0.1) is 11.0 Å². The first-order valence-corrected chi connectivity index (χ1v) is 9.50. The number of nitro benzene ring substituents is 1. The fraction of sp³-hybridized carbons (Fsp3) is 0.208. The molecule has 4 nitrogen and oxygen atoms in total. The van der Waals surface area contributed by atoms with Gasteiger partial charge in [0.1, 0.15) is 0 Å². The number of rotatable bonds is 7. The molecule has 0 saturated heterocycles. The normalized spacial score (nSPS) is 13.0. The van der Waals surface area contributed by atoms with Crippen molar-refractivity contribution in [2.24, 2.45) is 10.9 Å². The van der Waals surface area contributed by atoms with Crippen molar-refractivity contribution in [2.75, 3.05) is 0 Å². The number of aliphatic imine (C=N–C) groups is 1. The average molecular weight is 390 g/mol. The lowest BCUT2D eigenvalue weighted by atomic mass is 9.77. The molecule has 3 rings (SSSR count). The Kier molecular flexibility index (Phi) is 6.17. The highest BCUT2D eigenvalue weighted by Gasteiger charge is 2.44. The molecule has 0 unspecified atom stereocenters. The van der Waals surface area contributed by atoms with E-state index in [1.54, 1.807) is 42.6 Å². The predicted octanol–water partition coefficient (Wildman–Crippen LogP) is 5.95. The standard InChI is InChI=1S/C24H23FN2O2/c1-18(2)23(26-17-19-13-15-22(16-14-19)27(28)29)24(25,20-9-5-3-6-10-20)21-11-7-4-8-12-21/h3-18,23H,1-2H3/t23-/m0/s1. The van der Waals surface area contributed by atoms with Crippen LogP contribution in [0.4, 0.5) is 10.1 Å². The predicted molar refractivity (Wildman–Crippen MR) is 114 cm³/mol. The third kappa shape index (κ3) is 4.40. The fourth-order valence-electron chi connectivity index (χ4n) is 3.45. The summed E-state index contributed by atoms with van der Waals surface area (Å²) < 4.78 is 16.8. The smallest absolute Gasteiger partial charge is 0.269 e. The Bertz CT molecular complexity index is 931. The van der Waals surface area contributed by atoms with Gasteiger partial charge in [0.15, 0.2) is 5.67 Å². The minimum atomic E-state index is -1.81. The number of hydrogen-bond donors (Lipinski definition) is 0. The number of nitro groups is 1. The molecular formula is C24H23FN2O2. The molecule has 3 aromatic carbocycles. The fourth-order valence-corrected chi connectivity index (χ4v) is 3.45. The van der Waals surface area contributed by atoms with Crippen LogP contribution in [0.3, 0.4) is 0 Å². The molecule has 0 fully saturated rings. The first-order valence-electron chi connectivity index (χ1n) is 9.50. The van der Waals surface area contributed by atoms with E-state index in [1.807, 2.05) is 50.2 Å². The highest BCUT2D eigenvalue weighted by molar-refractivity contribution is 5.80. The van der Waals surface area contributed by atoms with Gasteiger partial charge >= 0.3 is 0 Å². The van der Waals surface area contributed by atoms with Crippen molar-refractivity contribution in [1.29, 1.82) is 0 Å². The van der Waals surface area contributed by atoms with Gasteiger partial charge in [-0.05, 0) is 34.7 Å². The van der Waals surface area contributed by atoms with Crippen molar-refractivity contribution in [3.8, 4) is 0 Å². The number of alkyl halides is 1. The Labute approximate surface area is 169 Å². The second-order valence-corrected chi connectivity index (χ2v) is 7.26. The van der Waals surface area contributed by atoms with Gasteiger partial charge in [0.2, 0.25) is 0 Å². The van der Waals surface area contributed by atoms with Crippen LogP contribution in [-0.2, 0) is 5.67 Å². The Hall–Kier alpha value is -3.34. The van der Waals surface area contributed by atoms with Crippen molar-refractivity contribution in [1.82, 2.24) is 0 Å². The van der Waals surface area contributed by atoms with Crippen LogP contribution in [-0.4, -0.2) is 17.2 Å². The lowest BCUT2D eigenvalue weighted by Gasteiger charge is -2.35. The van der Waals surface area contributed by atoms with Gasteiger partial charge in [0, 0.05) is 18.3 Å². The maximum Gasteiger partial charge on any atom is 0.269 e. The maximum atomic E-state index is 16.8. The summed E-state index contributed by atoms with van der Waals surface area (Å²) in [7, 11) is 0. The van der Waals surface area contributed by atoms with Crippen molar-refractivity contribution in [3.05, 3.63) is 112 Å². The van der Waals surface area contributed by atoms with Gasteiger partial charge in [0.25, 0.3) is 5.69 Å². The van der Waals surface area contributed by atoms with Gasteiger partial charge in [-0.15, -0.1) is 0 Å². The number of halogens is 1. The SMILES string of the molecule is CC(C)[C@H](N=Cc1ccc([N+](=O)[O-])cc1)C(F)(c1ccccc1)c1ccccc1. The van der Waals surface area contributed by atoms with Gasteiger partial charge in [-0.3, -0.25) is 15.1 Å². The Balaban J connectivity index is 2.04. The molecule has 0 saturated carbocycles. The zero-order valence-electron chi connectivity index (χ0n) is 16.4. The molecule has 0 spiro atoms. The van der Waals surface area contributed by atoms with E-state index in [0.717, 1.165) is 0 Å².